The third kappa shape index (κ3) is 5.74. The Morgan fingerprint density at radius 2 is 2.45 bits per heavy atom. The van der Waals surface area contributed by atoms with E-state index in [1.165, 1.54) is 18.9 Å². The number of nitrogens with zero attached hydrogens (tertiary/aromatic N) is 1. The summed E-state index contributed by atoms with van der Waals surface area (Å²) < 4.78 is 4.47. The van der Waals surface area contributed by atoms with Crippen molar-refractivity contribution in [3.63, 3.8) is 0 Å². The van der Waals surface area contributed by atoms with Crippen LogP contribution < -0.4 is 0 Å². The summed E-state index contributed by atoms with van der Waals surface area (Å²) in [6, 6.07) is 2.00. The lowest BCUT2D eigenvalue weighted by molar-refractivity contribution is -0.140. The van der Waals surface area contributed by atoms with Crippen molar-refractivity contribution in [1.29, 1.82) is 5.26 Å². The smallest absolute Gasteiger partial charge is 0.306 e. The summed E-state index contributed by atoms with van der Waals surface area (Å²) in [6.07, 6.45) is 0.378. The molecule has 62 valence electrons. The molecule has 0 heterocycles. The molecule has 1 unspecified atom stereocenters. The summed E-state index contributed by atoms with van der Waals surface area (Å²) in [4.78, 5) is 10.7. The average molecular weight is 173 g/mol. The topological polar surface area (TPSA) is 50.1 Å². The summed E-state index contributed by atoms with van der Waals surface area (Å²) >= 11 is 1.46. The summed E-state index contributed by atoms with van der Waals surface area (Å²) in [5.41, 5.74) is 0. The van der Waals surface area contributed by atoms with Gasteiger partial charge in [-0.05, 0) is 0 Å². The molecule has 1 atom stereocenters. The zero-order valence-electron chi connectivity index (χ0n) is 6.66. The van der Waals surface area contributed by atoms with Gasteiger partial charge in [0.2, 0.25) is 0 Å². The van der Waals surface area contributed by atoms with Crippen molar-refractivity contribution in [2.75, 3.05) is 12.9 Å². The first-order chi connectivity index (χ1) is 5.20. The lowest BCUT2D eigenvalue weighted by atomic mass is 10.3. The number of nitriles is 1. The fraction of sp³-hybridized carbons (Fsp3) is 0.714. The standard InChI is InChI=1S/C7H11NO2S/c1-6(11-4-3-8)5-7(9)10-2/h6H,4-5H2,1-2H3. The Hall–Kier alpha value is -0.690. The van der Waals surface area contributed by atoms with E-state index >= 15 is 0 Å². The second-order valence-electron chi connectivity index (χ2n) is 2.06. The Labute approximate surface area is 70.7 Å². The quantitative estimate of drug-likeness (QED) is 0.599. The minimum absolute atomic E-state index is 0.169. The van der Waals surface area contributed by atoms with Crippen LogP contribution in [0.3, 0.4) is 0 Å². The van der Waals surface area contributed by atoms with E-state index in [1.807, 2.05) is 13.0 Å². The summed E-state index contributed by atoms with van der Waals surface area (Å²) in [7, 11) is 1.37. The van der Waals surface area contributed by atoms with Crippen LogP contribution in [0.25, 0.3) is 0 Å². The predicted octanol–water partition coefficient (Wildman–Crippen LogP) is 1.19. The van der Waals surface area contributed by atoms with E-state index in [4.69, 9.17) is 5.26 Å². The highest BCUT2D eigenvalue weighted by atomic mass is 32.2. The van der Waals surface area contributed by atoms with Gasteiger partial charge in [-0.1, -0.05) is 6.92 Å². The monoisotopic (exact) mass is 173 g/mol. The van der Waals surface area contributed by atoms with E-state index in [9.17, 15) is 4.79 Å². The molecule has 0 saturated heterocycles. The van der Waals surface area contributed by atoms with Crippen molar-refractivity contribution in [3.05, 3.63) is 0 Å². The third-order valence-electron chi connectivity index (χ3n) is 1.11. The number of rotatable bonds is 4. The fourth-order valence-corrected chi connectivity index (χ4v) is 1.17. The first-order valence-corrected chi connectivity index (χ1v) is 4.31. The van der Waals surface area contributed by atoms with Crippen molar-refractivity contribution >= 4 is 17.7 Å². The lowest BCUT2D eigenvalue weighted by Gasteiger charge is -2.05. The summed E-state index contributed by atoms with van der Waals surface area (Å²) in [5.74, 6) is 0.209. The van der Waals surface area contributed by atoms with E-state index in [2.05, 4.69) is 4.74 Å². The molecule has 0 fully saturated rings. The number of hydrogen-bond acceptors (Lipinski definition) is 4. The fourth-order valence-electron chi connectivity index (χ4n) is 0.556. The molecule has 0 aliphatic rings. The van der Waals surface area contributed by atoms with Crippen LogP contribution in [0.4, 0.5) is 0 Å². The van der Waals surface area contributed by atoms with Crippen LogP contribution in [-0.2, 0) is 9.53 Å². The van der Waals surface area contributed by atoms with Crippen LogP contribution in [0.15, 0.2) is 0 Å². The number of ether oxygens (including phenoxy) is 1. The number of carbonyl (C=O) groups is 1. The summed E-state index contributed by atoms with van der Waals surface area (Å²) in [5, 5.41) is 8.39. The van der Waals surface area contributed by atoms with Crippen molar-refractivity contribution in [3.8, 4) is 6.07 Å². The Bertz CT molecular complexity index is 164. The van der Waals surface area contributed by atoms with Crippen molar-refractivity contribution in [2.24, 2.45) is 0 Å². The van der Waals surface area contributed by atoms with Gasteiger partial charge in [0.25, 0.3) is 0 Å². The normalized spacial score (nSPS) is 11.7. The van der Waals surface area contributed by atoms with E-state index in [0.29, 0.717) is 12.2 Å². The maximum atomic E-state index is 10.7. The molecule has 0 aliphatic carbocycles. The molecule has 0 rings (SSSR count). The van der Waals surface area contributed by atoms with Gasteiger partial charge in [0.15, 0.2) is 0 Å². The maximum Gasteiger partial charge on any atom is 0.306 e. The van der Waals surface area contributed by atoms with Crippen LogP contribution in [-0.4, -0.2) is 24.1 Å². The van der Waals surface area contributed by atoms with Crippen molar-refractivity contribution in [2.45, 2.75) is 18.6 Å². The first kappa shape index (κ1) is 10.3. The van der Waals surface area contributed by atoms with Gasteiger partial charge in [0.05, 0.1) is 25.4 Å². The Balaban J connectivity index is 3.45. The van der Waals surface area contributed by atoms with Gasteiger partial charge in [-0.3, -0.25) is 4.79 Å². The van der Waals surface area contributed by atoms with E-state index in [1.54, 1.807) is 0 Å². The average Bonchev–Trinajstić information content (AvgIpc) is 2.00. The molecule has 0 aromatic carbocycles. The molecule has 0 aliphatic heterocycles. The second kappa shape index (κ2) is 6.05. The zero-order chi connectivity index (χ0) is 8.69. The second-order valence-corrected chi connectivity index (χ2v) is 3.49. The van der Waals surface area contributed by atoms with Gasteiger partial charge < -0.3 is 4.74 Å². The zero-order valence-corrected chi connectivity index (χ0v) is 7.48. The number of hydrogen-bond donors (Lipinski definition) is 0. The highest BCUT2D eigenvalue weighted by Crippen LogP contribution is 2.13. The number of esters is 1. The van der Waals surface area contributed by atoms with Crippen LogP contribution in [0, 0.1) is 11.3 Å². The molecular weight excluding hydrogens is 162 g/mol. The molecule has 4 heteroatoms. The van der Waals surface area contributed by atoms with E-state index < -0.39 is 0 Å². The maximum absolute atomic E-state index is 10.7. The van der Waals surface area contributed by atoms with Gasteiger partial charge in [-0.25, -0.2) is 0 Å². The first-order valence-electron chi connectivity index (χ1n) is 3.26. The van der Waals surface area contributed by atoms with Gasteiger partial charge in [-0.2, -0.15) is 5.26 Å². The van der Waals surface area contributed by atoms with Gasteiger partial charge in [0.1, 0.15) is 0 Å². The third-order valence-corrected chi connectivity index (χ3v) is 2.15. The van der Waals surface area contributed by atoms with E-state index in [0.717, 1.165) is 0 Å². The van der Waals surface area contributed by atoms with E-state index in [-0.39, 0.29) is 11.2 Å². The molecular formula is C7H11NO2S. The molecule has 0 N–H and O–H groups in total. The molecule has 0 spiro atoms. The molecule has 0 aromatic rings. The van der Waals surface area contributed by atoms with Crippen LogP contribution in [0.5, 0.6) is 0 Å². The number of methoxy groups -OCH3 is 1. The van der Waals surface area contributed by atoms with Gasteiger partial charge in [-0.15, -0.1) is 11.8 Å². The molecule has 0 radical (unpaired) electrons. The largest absolute Gasteiger partial charge is 0.469 e. The molecule has 0 saturated carbocycles. The predicted molar refractivity (Wildman–Crippen MR) is 44.2 cm³/mol. The number of thioether (sulfide) groups is 1. The van der Waals surface area contributed by atoms with Crippen LogP contribution in [0.2, 0.25) is 0 Å². The molecule has 3 nitrogen and oxygen atoms in total. The molecule has 0 bridgehead atoms. The molecule has 11 heavy (non-hydrogen) atoms. The Morgan fingerprint density at radius 3 is 2.91 bits per heavy atom. The highest BCUT2D eigenvalue weighted by molar-refractivity contribution is 8.00. The van der Waals surface area contributed by atoms with Gasteiger partial charge in [0, 0.05) is 5.25 Å². The SMILES string of the molecule is COC(=O)CC(C)SCC#N. The summed E-state index contributed by atoms with van der Waals surface area (Å²) in [6.45, 7) is 1.90. The lowest BCUT2D eigenvalue weighted by Crippen LogP contribution is -2.08. The van der Waals surface area contributed by atoms with Crippen molar-refractivity contribution < 1.29 is 9.53 Å². The minimum Gasteiger partial charge on any atom is -0.469 e. The Morgan fingerprint density at radius 1 is 1.82 bits per heavy atom. The minimum atomic E-state index is -0.220. The Kier molecular flexibility index (Phi) is 5.67. The molecule has 0 aromatic heterocycles. The van der Waals surface area contributed by atoms with Crippen molar-refractivity contribution in [1.82, 2.24) is 0 Å². The van der Waals surface area contributed by atoms with Crippen LogP contribution >= 0.6 is 11.8 Å². The van der Waals surface area contributed by atoms with Gasteiger partial charge >= 0.3 is 5.97 Å². The molecule has 0 amide bonds. The highest BCUT2D eigenvalue weighted by Gasteiger charge is 2.08. The number of carbonyl (C=O) groups excluding carboxylic acids is 1. The van der Waals surface area contributed by atoms with Crippen LogP contribution in [0.1, 0.15) is 13.3 Å².